The second-order valence-corrected chi connectivity index (χ2v) is 3.66. The number of nitrogens with zero attached hydrogens (tertiary/aromatic N) is 1. The van der Waals surface area contributed by atoms with Crippen molar-refractivity contribution in [3.8, 4) is 0 Å². The van der Waals surface area contributed by atoms with Crippen LogP contribution in [0.5, 0.6) is 0 Å². The molecular weight excluding hydrogens is 256 g/mol. The molecule has 1 aliphatic heterocycles. The fourth-order valence-corrected chi connectivity index (χ4v) is 1.35. The molecule has 0 fully saturated rings. The summed E-state index contributed by atoms with van der Waals surface area (Å²) in [4.78, 5) is 13.7. The number of aliphatic imine (C=N–C) groups is 1. The Labute approximate surface area is 140 Å². The molecule has 1 aromatic carbocycles. The Morgan fingerprint density at radius 3 is 2.50 bits per heavy atom. The van der Waals surface area contributed by atoms with Gasteiger partial charge in [-0.3, -0.25) is 9.79 Å². The van der Waals surface area contributed by atoms with E-state index in [1.165, 1.54) is 5.56 Å². The van der Waals surface area contributed by atoms with Gasteiger partial charge in [0.2, 0.25) is 0 Å². The quantitative estimate of drug-likeness (QED) is 0.824. The number of carboxylic acid groups (broad SMARTS) is 1. The molecule has 0 saturated heterocycles. The Bertz CT molecular complexity index is 389. The molecule has 18 heavy (non-hydrogen) atoms. The number of carboxylic acids is 1. The first kappa shape index (κ1) is 17.4. The molecule has 5 heteroatoms. The van der Waals surface area contributed by atoms with E-state index in [0.29, 0.717) is 0 Å². The van der Waals surface area contributed by atoms with Gasteiger partial charge < -0.3 is 13.3 Å². The summed E-state index contributed by atoms with van der Waals surface area (Å²) >= 11 is 0. The van der Waals surface area contributed by atoms with Gasteiger partial charge in [-0.15, -0.1) is 0 Å². The Kier molecular flexibility index (Phi) is 10.0. The van der Waals surface area contributed by atoms with Crippen LogP contribution >= 0.6 is 0 Å². The number of nitrogens with one attached hydrogen (secondary N) is 1. The van der Waals surface area contributed by atoms with Crippen molar-refractivity contribution < 1.29 is 12.8 Å². The Morgan fingerprint density at radius 2 is 2.06 bits per heavy atom. The predicted octanol–water partition coefficient (Wildman–Crippen LogP) is 1.56. The van der Waals surface area contributed by atoms with Crippen LogP contribution in [0.1, 0.15) is 21.8 Å². The molecule has 0 aromatic heterocycles. The molecular formula is C13H20CaN2O2. The van der Waals surface area contributed by atoms with Crippen LogP contribution in [0.2, 0.25) is 0 Å². The van der Waals surface area contributed by atoms with Gasteiger partial charge >= 0.3 is 43.7 Å². The standard InChI is InChI=1S/C10H12N2.C3H6O2.Ca.2H/c1-2-4-9(5-3-1)8-10-11-6-7-12-10;1-2-3(4)5;;;/h1-5H,6-8H2,(H,11,12);2H2,1H3,(H,4,5);;;/q;;+2;2*-1. The van der Waals surface area contributed by atoms with Gasteiger partial charge in [0.05, 0.1) is 6.54 Å². The third kappa shape index (κ3) is 7.69. The maximum Gasteiger partial charge on any atom is 2.00 e. The van der Waals surface area contributed by atoms with E-state index in [9.17, 15) is 4.79 Å². The van der Waals surface area contributed by atoms with E-state index in [2.05, 4.69) is 34.6 Å². The summed E-state index contributed by atoms with van der Waals surface area (Å²) in [5.41, 5.74) is 1.32. The smallest absolute Gasteiger partial charge is 1.00 e. The van der Waals surface area contributed by atoms with Gasteiger partial charge in [-0.2, -0.15) is 0 Å². The van der Waals surface area contributed by atoms with Crippen molar-refractivity contribution in [2.24, 2.45) is 4.99 Å². The number of hydrogen-bond acceptors (Lipinski definition) is 3. The first-order valence-electron chi connectivity index (χ1n) is 5.75. The number of amidine groups is 1. The second-order valence-electron chi connectivity index (χ2n) is 3.66. The summed E-state index contributed by atoms with van der Waals surface area (Å²) < 4.78 is 0. The number of rotatable bonds is 3. The van der Waals surface area contributed by atoms with Gasteiger partial charge in [0, 0.05) is 19.4 Å². The van der Waals surface area contributed by atoms with Gasteiger partial charge in [0.15, 0.2) is 0 Å². The Morgan fingerprint density at radius 1 is 1.44 bits per heavy atom. The fourth-order valence-electron chi connectivity index (χ4n) is 1.35. The minimum absolute atomic E-state index is 0. The second kappa shape index (κ2) is 10.4. The van der Waals surface area contributed by atoms with Gasteiger partial charge in [-0.1, -0.05) is 37.3 Å². The SMILES string of the molecule is CCC(=O)O.[Ca+2].[H-].[H-].c1ccc(CC2=NCCN2)cc1. The van der Waals surface area contributed by atoms with Crippen LogP contribution < -0.4 is 5.32 Å². The molecule has 0 bridgehead atoms. The summed E-state index contributed by atoms with van der Waals surface area (Å²) in [7, 11) is 0. The summed E-state index contributed by atoms with van der Waals surface area (Å²) in [6.45, 7) is 3.53. The zero-order valence-corrected chi connectivity index (χ0v) is 12.9. The maximum atomic E-state index is 9.37. The minimum atomic E-state index is -0.745. The molecule has 1 aliphatic rings. The summed E-state index contributed by atoms with van der Waals surface area (Å²) in [5.74, 6) is 0.381. The molecule has 4 nitrogen and oxygen atoms in total. The van der Waals surface area contributed by atoms with Crippen molar-refractivity contribution in [2.45, 2.75) is 19.8 Å². The molecule has 0 spiro atoms. The van der Waals surface area contributed by atoms with Gasteiger partial charge in [-0.05, 0) is 5.56 Å². The molecule has 96 valence electrons. The van der Waals surface area contributed by atoms with Crippen LogP contribution in [-0.2, 0) is 11.2 Å². The average molecular weight is 276 g/mol. The zero-order valence-electron chi connectivity index (χ0n) is 12.7. The zero-order chi connectivity index (χ0) is 12.5. The van der Waals surface area contributed by atoms with Crippen molar-refractivity contribution in [3.63, 3.8) is 0 Å². The number of carbonyl (C=O) groups is 1. The third-order valence-corrected chi connectivity index (χ3v) is 2.26. The summed E-state index contributed by atoms with van der Waals surface area (Å²) in [6.07, 6.45) is 1.17. The van der Waals surface area contributed by atoms with Crippen LogP contribution in [0.4, 0.5) is 0 Å². The first-order valence-corrected chi connectivity index (χ1v) is 5.75. The number of aliphatic carboxylic acids is 1. The van der Waals surface area contributed by atoms with Gasteiger partial charge in [0.25, 0.3) is 0 Å². The molecule has 0 unspecified atom stereocenters. The molecule has 0 aliphatic carbocycles. The minimum Gasteiger partial charge on any atom is -1.00 e. The Balaban J connectivity index is -0.000000322. The molecule has 2 rings (SSSR count). The van der Waals surface area contributed by atoms with Crippen LogP contribution in [0, 0.1) is 0 Å². The monoisotopic (exact) mass is 276 g/mol. The average Bonchev–Trinajstić information content (AvgIpc) is 2.84. The van der Waals surface area contributed by atoms with E-state index in [0.717, 1.165) is 25.3 Å². The van der Waals surface area contributed by atoms with Crippen LogP contribution in [-0.4, -0.2) is 67.7 Å². The molecule has 1 heterocycles. The molecule has 0 saturated carbocycles. The topological polar surface area (TPSA) is 61.7 Å². The van der Waals surface area contributed by atoms with E-state index in [1.807, 2.05) is 6.07 Å². The molecule has 2 N–H and O–H groups in total. The van der Waals surface area contributed by atoms with Crippen molar-refractivity contribution >= 4 is 49.5 Å². The summed E-state index contributed by atoms with van der Waals surface area (Å²) in [6, 6.07) is 10.4. The predicted molar refractivity (Wildman–Crippen MR) is 76.4 cm³/mol. The fraction of sp³-hybridized carbons (Fsp3) is 0.385. The van der Waals surface area contributed by atoms with Crippen molar-refractivity contribution in [3.05, 3.63) is 35.9 Å². The van der Waals surface area contributed by atoms with Crippen molar-refractivity contribution in [1.29, 1.82) is 0 Å². The van der Waals surface area contributed by atoms with Crippen LogP contribution in [0.25, 0.3) is 0 Å². The molecule has 0 amide bonds. The molecule has 0 atom stereocenters. The van der Waals surface area contributed by atoms with Crippen molar-refractivity contribution in [1.82, 2.24) is 5.32 Å². The largest absolute Gasteiger partial charge is 2.00 e. The number of benzene rings is 1. The van der Waals surface area contributed by atoms with Crippen LogP contribution in [0.15, 0.2) is 35.3 Å². The van der Waals surface area contributed by atoms with E-state index >= 15 is 0 Å². The van der Waals surface area contributed by atoms with Gasteiger partial charge in [0.1, 0.15) is 5.84 Å². The van der Waals surface area contributed by atoms with Gasteiger partial charge in [-0.25, -0.2) is 0 Å². The summed E-state index contributed by atoms with van der Waals surface area (Å²) in [5, 5.41) is 11.0. The van der Waals surface area contributed by atoms with E-state index < -0.39 is 5.97 Å². The molecule has 1 aromatic rings. The van der Waals surface area contributed by atoms with Crippen LogP contribution in [0.3, 0.4) is 0 Å². The third-order valence-electron chi connectivity index (χ3n) is 2.26. The van der Waals surface area contributed by atoms with E-state index in [-0.39, 0.29) is 47.0 Å². The Hall–Kier alpha value is -0.580. The van der Waals surface area contributed by atoms with E-state index in [4.69, 9.17) is 5.11 Å². The van der Waals surface area contributed by atoms with Crippen molar-refractivity contribution in [2.75, 3.05) is 13.1 Å². The maximum absolute atomic E-state index is 9.37. The first-order chi connectivity index (χ1) is 8.22. The number of hydrogen-bond donors (Lipinski definition) is 2. The van der Waals surface area contributed by atoms with E-state index in [1.54, 1.807) is 6.92 Å². The molecule has 0 radical (unpaired) electrons. The normalized spacial score (nSPS) is 12.4.